The molecule has 0 saturated heterocycles. The van der Waals surface area contributed by atoms with Crippen molar-refractivity contribution < 1.29 is 32.4 Å². The zero-order chi connectivity index (χ0) is 33.2. The van der Waals surface area contributed by atoms with Crippen LogP contribution >= 0.6 is 11.3 Å². The van der Waals surface area contributed by atoms with Gasteiger partial charge in [-0.1, -0.05) is 19.1 Å². The SMILES string of the molecule is Cc1cc(C[n+]2cnn(C[C@](O)(c3cc(F)c(F)cc3F)[C@@H](C)c3nc(-c4ccc(C#N)cc4)cs3)c2)cc(C)c1OC(=O)CN. The largest absolute Gasteiger partial charge is 0.425 e. The van der Waals surface area contributed by atoms with Gasteiger partial charge in [0.05, 0.1) is 35.4 Å². The van der Waals surface area contributed by atoms with E-state index in [0.717, 1.165) is 22.3 Å². The number of rotatable bonds is 10. The van der Waals surface area contributed by atoms with Crippen LogP contribution in [0.5, 0.6) is 5.75 Å². The number of carbonyl (C=O) groups excluding carboxylic acids is 1. The summed E-state index contributed by atoms with van der Waals surface area (Å²) < 4.78 is 52.1. The maximum Gasteiger partial charge on any atom is 0.325 e. The molecule has 9 nitrogen and oxygen atoms in total. The van der Waals surface area contributed by atoms with Gasteiger partial charge in [-0.25, -0.2) is 22.7 Å². The van der Waals surface area contributed by atoms with Crippen LogP contribution in [0, 0.1) is 42.6 Å². The van der Waals surface area contributed by atoms with Gasteiger partial charge in [-0.05, 0) is 60.9 Å². The molecule has 2 atom stereocenters. The number of aliphatic hydroxyl groups is 1. The molecule has 2 heterocycles. The Labute approximate surface area is 267 Å². The Hall–Kier alpha value is -4.90. The van der Waals surface area contributed by atoms with Gasteiger partial charge in [-0.15, -0.1) is 16.0 Å². The molecular formula is C33H30F3N6O3S+. The minimum atomic E-state index is -2.11. The van der Waals surface area contributed by atoms with Crippen LogP contribution < -0.4 is 15.0 Å². The molecule has 5 rings (SSSR count). The van der Waals surface area contributed by atoms with Crippen LogP contribution in [0.2, 0.25) is 0 Å². The highest BCUT2D eigenvalue weighted by Crippen LogP contribution is 2.42. The molecule has 0 saturated carbocycles. The third-order valence-electron chi connectivity index (χ3n) is 7.70. The van der Waals surface area contributed by atoms with Crippen molar-refractivity contribution >= 4 is 17.3 Å². The minimum Gasteiger partial charge on any atom is -0.425 e. The molecule has 236 valence electrons. The van der Waals surface area contributed by atoms with Crippen molar-refractivity contribution in [3.63, 3.8) is 0 Å². The quantitative estimate of drug-likeness (QED) is 0.0964. The van der Waals surface area contributed by atoms with Crippen LogP contribution in [0.25, 0.3) is 11.3 Å². The molecule has 0 aliphatic carbocycles. The van der Waals surface area contributed by atoms with Gasteiger partial charge in [0.15, 0.2) is 11.6 Å². The van der Waals surface area contributed by atoms with Crippen LogP contribution in [-0.4, -0.2) is 32.4 Å². The third-order valence-corrected chi connectivity index (χ3v) is 8.72. The normalized spacial score (nSPS) is 13.2. The third kappa shape index (κ3) is 6.69. The van der Waals surface area contributed by atoms with Crippen molar-refractivity contribution in [3.8, 4) is 23.1 Å². The van der Waals surface area contributed by atoms with Crippen molar-refractivity contribution in [2.45, 2.75) is 45.4 Å². The van der Waals surface area contributed by atoms with Crippen molar-refractivity contribution in [1.29, 1.82) is 5.26 Å². The first-order valence-electron chi connectivity index (χ1n) is 14.2. The lowest BCUT2D eigenvalue weighted by atomic mass is 9.82. The second kappa shape index (κ2) is 13.2. The molecule has 0 fully saturated rings. The first-order chi connectivity index (χ1) is 21.9. The van der Waals surface area contributed by atoms with Crippen LogP contribution in [-0.2, 0) is 23.5 Å². The average Bonchev–Trinajstić information content (AvgIpc) is 3.70. The summed E-state index contributed by atoms with van der Waals surface area (Å²) in [5.74, 6) is -4.79. The first kappa shape index (κ1) is 32.5. The van der Waals surface area contributed by atoms with Crippen LogP contribution in [0.1, 0.15) is 45.7 Å². The van der Waals surface area contributed by atoms with E-state index < -0.39 is 40.5 Å². The van der Waals surface area contributed by atoms with Gasteiger partial charge in [0.1, 0.15) is 23.7 Å². The molecule has 0 spiro atoms. The van der Waals surface area contributed by atoms with Crippen molar-refractivity contribution in [2.24, 2.45) is 5.73 Å². The first-order valence-corrected chi connectivity index (χ1v) is 15.1. The van der Waals surface area contributed by atoms with E-state index in [1.54, 1.807) is 47.5 Å². The second-order valence-corrected chi connectivity index (χ2v) is 11.9. The molecule has 3 N–H and O–H groups in total. The van der Waals surface area contributed by atoms with E-state index in [-0.39, 0.29) is 13.1 Å². The number of hydrogen-bond acceptors (Lipinski definition) is 8. The number of aromatic nitrogens is 4. The molecule has 46 heavy (non-hydrogen) atoms. The molecule has 0 radical (unpaired) electrons. The number of nitrogens with zero attached hydrogens (tertiary/aromatic N) is 5. The fraction of sp³-hybridized carbons (Fsp3) is 0.242. The molecule has 3 aromatic carbocycles. The lowest BCUT2D eigenvalue weighted by Gasteiger charge is -2.32. The minimum absolute atomic E-state index is 0.240. The number of thiazole rings is 1. The number of aryl methyl sites for hydroxylation is 2. The van der Waals surface area contributed by atoms with E-state index in [4.69, 9.17) is 15.7 Å². The summed E-state index contributed by atoms with van der Waals surface area (Å²) in [6.07, 6.45) is 3.12. The van der Waals surface area contributed by atoms with E-state index in [0.29, 0.717) is 40.7 Å². The smallest absolute Gasteiger partial charge is 0.325 e. The van der Waals surface area contributed by atoms with E-state index >= 15 is 4.39 Å². The lowest BCUT2D eigenvalue weighted by molar-refractivity contribution is -0.689. The van der Waals surface area contributed by atoms with Gasteiger partial charge in [-0.2, -0.15) is 5.26 Å². The average molecular weight is 648 g/mol. The number of nitrogens with two attached hydrogens (primary N) is 1. The van der Waals surface area contributed by atoms with Gasteiger partial charge in [-0.3, -0.25) is 4.79 Å². The maximum absolute atomic E-state index is 15.3. The Kier molecular flexibility index (Phi) is 9.34. The zero-order valence-electron chi connectivity index (χ0n) is 25.2. The van der Waals surface area contributed by atoms with Gasteiger partial charge < -0.3 is 15.6 Å². The summed E-state index contributed by atoms with van der Waals surface area (Å²) in [5, 5.41) is 27.8. The summed E-state index contributed by atoms with van der Waals surface area (Å²) in [4.78, 5) is 16.4. The molecule has 0 amide bonds. The molecule has 5 aromatic rings. The second-order valence-electron chi connectivity index (χ2n) is 11.0. The number of ether oxygens (including phenoxy) is 1. The van der Waals surface area contributed by atoms with Gasteiger partial charge in [0.2, 0.25) is 6.33 Å². The Morgan fingerprint density at radius 3 is 2.46 bits per heavy atom. The number of benzene rings is 3. The fourth-order valence-corrected chi connectivity index (χ4v) is 6.25. The van der Waals surface area contributed by atoms with E-state index in [1.165, 1.54) is 22.3 Å². The molecular weight excluding hydrogens is 617 g/mol. The van der Waals surface area contributed by atoms with Crippen LogP contribution in [0.3, 0.4) is 0 Å². The highest BCUT2D eigenvalue weighted by atomic mass is 32.1. The van der Waals surface area contributed by atoms with E-state index in [9.17, 15) is 18.7 Å². The lowest BCUT2D eigenvalue weighted by Crippen LogP contribution is -2.39. The molecule has 2 aromatic heterocycles. The summed E-state index contributed by atoms with van der Waals surface area (Å²) in [6, 6.07) is 13.7. The Bertz CT molecular complexity index is 1930. The summed E-state index contributed by atoms with van der Waals surface area (Å²) >= 11 is 1.22. The zero-order valence-corrected chi connectivity index (χ0v) is 26.0. The maximum atomic E-state index is 15.3. The predicted molar refractivity (Wildman–Crippen MR) is 163 cm³/mol. The highest BCUT2D eigenvalue weighted by molar-refractivity contribution is 7.10. The van der Waals surface area contributed by atoms with Crippen molar-refractivity contribution in [3.05, 3.63) is 117 Å². The topological polar surface area (TPSA) is 131 Å². The highest BCUT2D eigenvalue weighted by Gasteiger charge is 2.44. The Morgan fingerprint density at radius 1 is 1.13 bits per heavy atom. The van der Waals surface area contributed by atoms with Crippen molar-refractivity contribution in [2.75, 3.05) is 6.54 Å². The molecule has 0 bridgehead atoms. The molecule has 0 unspecified atom stereocenters. The summed E-state index contributed by atoms with van der Waals surface area (Å²) in [7, 11) is 0. The summed E-state index contributed by atoms with van der Waals surface area (Å²) in [5.41, 5.74) is 6.99. The number of halogens is 3. The molecule has 0 aliphatic rings. The van der Waals surface area contributed by atoms with Crippen LogP contribution in [0.4, 0.5) is 13.2 Å². The monoisotopic (exact) mass is 647 g/mol. The van der Waals surface area contributed by atoms with Gasteiger partial charge >= 0.3 is 5.97 Å². The molecule has 13 heteroatoms. The number of hydrogen-bond donors (Lipinski definition) is 2. The predicted octanol–water partition coefficient (Wildman–Crippen LogP) is 4.80. The Balaban J connectivity index is 1.45. The van der Waals surface area contributed by atoms with Gasteiger partial charge in [0.25, 0.3) is 6.33 Å². The fourth-order valence-electron chi connectivity index (χ4n) is 5.28. The molecule has 0 aliphatic heterocycles. The number of nitriles is 1. The number of esters is 1. The van der Waals surface area contributed by atoms with E-state index in [2.05, 4.69) is 16.2 Å². The van der Waals surface area contributed by atoms with Gasteiger partial charge in [0, 0.05) is 33.6 Å². The standard InChI is InChI=1S/C33H30F3N6O3S/c1-19-8-23(9-20(2)31(19)45-30(43)13-38)14-41-17-39-42(18-41)16-33(44,25-10-27(35)28(36)11-26(25)34)21(3)32-40-29(15-46-32)24-6-4-22(12-37)5-7-24/h4-11,15,17-18,21,44H,13-14,16,38H2,1-3H3/q+1/t21-,33+/m0/s1. The Morgan fingerprint density at radius 2 is 1.80 bits per heavy atom. The van der Waals surface area contributed by atoms with E-state index in [1.807, 2.05) is 26.0 Å². The van der Waals surface area contributed by atoms with Crippen LogP contribution in [0.15, 0.2) is 66.6 Å². The number of carbonyl (C=O) groups is 1. The summed E-state index contributed by atoms with van der Waals surface area (Å²) in [6.45, 7) is 5.06. The van der Waals surface area contributed by atoms with Crippen molar-refractivity contribution in [1.82, 2.24) is 14.8 Å².